The van der Waals surface area contributed by atoms with Gasteiger partial charge in [-0.15, -0.1) is 0 Å². The SMILES string of the molecule is CCP(=O)(CC)OCCP(=O)(C(=O)c1c(C)cc(C)cc1C)C(=O)c1c(C)cc(C)cc1C. The molecule has 0 heterocycles. The van der Waals surface area contributed by atoms with Crippen LogP contribution in [0.5, 0.6) is 0 Å². The molecule has 0 N–H and O–H groups in total. The zero-order chi connectivity index (χ0) is 25.1. The second-order valence-electron chi connectivity index (χ2n) is 8.90. The normalized spacial score (nSPS) is 12.1. The lowest BCUT2D eigenvalue weighted by Gasteiger charge is -2.22. The van der Waals surface area contributed by atoms with Crippen molar-refractivity contribution >= 4 is 25.6 Å². The molecule has 2 aromatic rings. The third-order valence-electron chi connectivity index (χ3n) is 6.13. The van der Waals surface area contributed by atoms with Crippen LogP contribution in [0.2, 0.25) is 0 Å². The van der Waals surface area contributed by atoms with Crippen LogP contribution in [0, 0.1) is 41.5 Å². The number of carbonyl (C=O) groups is 2. The molecule has 0 aliphatic rings. The Labute approximate surface area is 198 Å². The topological polar surface area (TPSA) is 77.5 Å². The number of benzene rings is 2. The van der Waals surface area contributed by atoms with Gasteiger partial charge in [0.1, 0.15) is 0 Å². The van der Waals surface area contributed by atoms with Gasteiger partial charge < -0.3 is 9.09 Å². The van der Waals surface area contributed by atoms with Crippen molar-refractivity contribution in [1.29, 1.82) is 0 Å². The minimum atomic E-state index is -4.11. The van der Waals surface area contributed by atoms with E-state index in [0.29, 0.717) is 45.7 Å². The average molecular weight is 491 g/mol. The Balaban J connectivity index is 2.62. The van der Waals surface area contributed by atoms with Crippen molar-refractivity contribution in [3.63, 3.8) is 0 Å². The molecule has 0 saturated carbocycles. The van der Waals surface area contributed by atoms with E-state index in [1.165, 1.54) is 0 Å². The summed E-state index contributed by atoms with van der Waals surface area (Å²) in [5.41, 5.74) is 4.11. The Bertz CT molecular complexity index is 1050. The molecular weight excluding hydrogens is 454 g/mol. The van der Waals surface area contributed by atoms with E-state index in [4.69, 9.17) is 4.52 Å². The molecule has 0 atom stereocenters. The van der Waals surface area contributed by atoms with Gasteiger partial charge in [-0.05, 0) is 63.8 Å². The molecule has 7 heteroatoms. The van der Waals surface area contributed by atoms with Crippen molar-refractivity contribution in [2.45, 2.75) is 55.4 Å². The summed E-state index contributed by atoms with van der Waals surface area (Å²) in [5, 5.41) is 0. The number of carbonyl (C=O) groups excluding carboxylic acids is 2. The first-order valence-electron chi connectivity index (χ1n) is 11.4. The Morgan fingerprint density at radius 3 is 1.33 bits per heavy atom. The van der Waals surface area contributed by atoms with Crippen molar-refractivity contribution in [2.24, 2.45) is 0 Å². The highest BCUT2D eigenvalue weighted by Crippen LogP contribution is 2.55. The number of hydrogen-bond acceptors (Lipinski definition) is 5. The van der Waals surface area contributed by atoms with E-state index in [9.17, 15) is 18.7 Å². The van der Waals surface area contributed by atoms with Crippen LogP contribution in [0.3, 0.4) is 0 Å². The summed E-state index contributed by atoms with van der Waals surface area (Å²) in [6.45, 7) is 14.4. The molecule has 0 aliphatic heterocycles. The molecule has 0 unspecified atom stereocenters. The highest BCUT2D eigenvalue weighted by molar-refractivity contribution is 7.95. The van der Waals surface area contributed by atoms with Crippen LogP contribution in [0.25, 0.3) is 0 Å². The molecular formula is C26H36O5P2. The number of rotatable bonds is 10. The smallest absolute Gasteiger partial charge is 0.229 e. The van der Waals surface area contributed by atoms with Crippen LogP contribution in [0.1, 0.15) is 67.9 Å². The molecule has 0 amide bonds. The first-order chi connectivity index (χ1) is 15.3. The van der Waals surface area contributed by atoms with Gasteiger partial charge in [-0.3, -0.25) is 14.2 Å². The Morgan fingerprint density at radius 2 is 1.03 bits per heavy atom. The molecule has 2 rings (SSSR count). The molecule has 0 radical (unpaired) electrons. The van der Waals surface area contributed by atoms with E-state index in [1.807, 2.05) is 38.1 Å². The second-order valence-corrected chi connectivity index (χ2v) is 14.8. The van der Waals surface area contributed by atoms with Crippen molar-refractivity contribution in [3.05, 3.63) is 68.8 Å². The van der Waals surface area contributed by atoms with Crippen molar-refractivity contribution in [1.82, 2.24) is 0 Å². The maximum absolute atomic E-state index is 14.4. The second kappa shape index (κ2) is 10.6. The van der Waals surface area contributed by atoms with E-state index in [0.717, 1.165) is 11.1 Å². The lowest BCUT2D eigenvalue weighted by Crippen LogP contribution is -2.19. The average Bonchev–Trinajstić information content (AvgIpc) is 2.71. The van der Waals surface area contributed by atoms with Gasteiger partial charge in [-0.1, -0.05) is 49.2 Å². The minimum absolute atomic E-state index is 0.165. The molecule has 5 nitrogen and oxygen atoms in total. The maximum Gasteiger partial charge on any atom is 0.229 e. The highest BCUT2D eigenvalue weighted by Gasteiger charge is 2.43. The van der Waals surface area contributed by atoms with Gasteiger partial charge >= 0.3 is 0 Å². The van der Waals surface area contributed by atoms with Crippen LogP contribution in [0.15, 0.2) is 24.3 Å². The maximum atomic E-state index is 14.4. The summed E-state index contributed by atoms with van der Waals surface area (Å²) in [5.74, 6) is 0. The summed E-state index contributed by atoms with van der Waals surface area (Å²) in [7, 11) is -6.98. The quantitative estimate of drug-likeness (QED) is 0.329. The van der Waals surface area contributed by atoms with E-state index in [-0.39, 0.29) is 12.8 Å². The lowest BCUT2D eigenvalue weighted by molar-refractivity contribution is 0.103. The van der Waals surface area contributed by atoms with Crippen molar-refractivity contribution < 1.29 is 23.2 Å². The van der Waals surface area contributed by atoms with Crippen molar-refractivity contribution in [3.8, 4) is 0 Å². The fraction of sp³-hybridized carbons (Fsp3) is 0.462. The predicted molar refractivity (Wildman–Crippen MR) is 137 cm³/mol. The molecule has 0 saturated heterocycles. The minimum Gasteiger partial charge on any atom is -0.328 e. The molecule has 0 aromatic heterocycles. The van der Waals surface area contributed by atoms with E-state index < -0.39 is 25.6 Å². The molecule has 0 fully saturated rings. The lowest BCUT2D eigenvalue weighted by atomic mass is 10.0. The first kappa shape index (κ1) is 27.4. The summed E-state index contributed by atoms with van der Waals surface area (Å²) in [6.07, 6.45) is 0.429. The van der Waals surface area contributed by atoms with Crippen LogP contribution >= 0.6 is 14.5 Å². The summed E-state index contributed by atoms with van der Waals surface area (Å²) >= 11 is 0. The molecule has 180 valence electrons. The predicted octanol–water partition coefficient (Wildman–Crippen LogP) is 7.22. The molecule has 2 aromatic carbocycles. The molecule has 0 aliphatic carbocycles. The van der Waals surface area contributed by atoms with E-state index in [1.54, 1.807) is 41.5 Å². The molecule has 0 spiro atoms. The summed E-state index contributed by atoms with van der Waals surface area (Å²) in [6, 6.07) is 7.43. The van der Waals surface area contributed by atoms with E-state index >= 15 is 0 Å². The Kier molecular flexibility index (Phi) is 8.85. The fourth-order valence-electron chi connectivity index (χ4n) is 4.43. The standard InChI is InChI=1S/C26H36O5P2/c1-9-32(29,10-2)31-11-12-33(30,25(27)23-19(5)13-17(3)14-20(23)6)26(28)24-21(7)15-18(4)16-22(24)8/h13-16H,9-12H2,1-8H3. The third kappa shape index (κ3) is 5.83. The van der Waals surface area contributed by atoms with Crippen molar-refractivity contribution in [2.75, 3.05) is 25.1 Å². The zero-order valence-corrected chi connectivity index (χ0v) is 22.9. The van der Waals surface area contributed by atoms with Gasteiger partial charge in [0, 0.05) is 29.6 Å². The fourth-order valence-corrected chi connectivity index (χ4v) is 8.18. The van der Waals surface area contributed by atoms with Gasteiger partial charge in [-0.25, -0.2) is 0 Å². The van der Waals surface area contributed by atoms with E-state index in [2.05, 4.69) is 0 Å². The van der Waals surface area contributed by atoms with Gasteiger partial charge in [0.2, 0.25) is 25.6 Å². The van der Waals surface area contributed by atoms with Crippen LogP contribution in [-0.2, 0) is 13.7 Å². The highest BCUT2D eigenvalue weighted by atomic mass is 31.2. The third-order valence-corrected chi connectivity index (χ3v) is 11.3. The largest absolute Gasteiger partial charge is 0.328 e. The Morgan fingerprint density at radius 1 is 0.697 bits per heavy atom. The zero-order valence-electron chi connectivity index (χ0n) is 21.1. The summed E-state index contributed by atoms with van der Waals surface area (Å²) in [4.78, 5) is 27.6. The van der Waals surface area contributed by atoms with Crippen LogP contribution in [0.4, 0.5) is 0 Å². The van der Waals surface area contributed by atoms with Crippen LogP contribution in [-0.4, -0.2) is 36.1 Å². The monoisotopic (exact) mass is 490 g/mol. The van der Waals surface area contributed by atoms with Gasteiger partial charge in [0.25, 0.3) is 0 Å². The van der Waals surface area contributed by atoms with Gasteiger partial charge in [0.05, 0.1) is 6.61 Å². The van der Waals surface area contributed by atoms with Gasteiger partial charge in [0.15, 0.2) is 0 Å². The summed E-state index contributed by atoms with van der Waals surface area (Å²) < 4.78 is 32.7. The Hall–Kier alpha value is -1.80. The molecule has 33 heavy (non-hydrogen) atoms. The molecule has 0 bridgehead atoms. The first-order valence-corrected chi connectivity index (χ1v) is 15.3. The number of aryl methyl sites for hydroxylation is 6. The number of hydrogen-bond donors (Lipinski definition) is 0. The van der Waals surface area contributed by atoms with Gasteiger partial charge in [-0.2, -0.15) is 0 Å². The van der Waals surface area contributed by atoms with Crippen LogP contribution < -0.4 is 0 Å².